The molecule has 6 heteroatoms. The van der Waals surface area contributed by atoms with Crippen LogP contribution in [0.1, 0.15) is 46.1 Å². The number of hydrogen-bond acceptors (Lipinski definition) is 5. The van der Waals surface area contributed by atoms with Crippen LogP contribution in [-0.2, 0) is 12.8 Å². The Kier molecular flexibility index (Phi) is 5.48. The number of benzene rings is 1. The number of carbonyl (C=O) groups excluding carboxylic acids is 1. The number of fused-ring (bicyclic) bond motifs is 1. The highest BCUT2D eigenvalue weighted by Gasteiger charge is 2.26. The molecule has 0 aliphatic heterocycles. The Labute approximate surface area is 157 Å². The standard InChI is InChI=1S/C20H22N2O3S/c1-4-12-5-7-14-15(11-21)20(26-18(14)9-12)22-19(23)13-6-8-16(24-2)17(10-13)25-3/h6,8,10,12H,4-5,7,9H2,1-3H3,(H,22,23)/t12-/m0/s1. The fourth-order valence-corrected chi connectivity index (χ4v) is 4.67. The number of nitrogens with one attached hydrogen (secondary N) is 1. The van der Waals surface area contributed by atoms with Crippen LogP contribution >= 0.6 is 11.3 Å². The Morgan fingerprint density at radius 3 is 2.77 bits per heavy atom. The number of thiophene rings is 1. The van der Waals surface area contributed by atoms with Crippen LogP contribution in [-0.4, -0.2) is 20.1 Å². The third-order valence-electron chi connectivity index (χ3n) is 4.93. The molecular weight excluding hydrogens is 348 g/mol. The van der Waals surface area contributed by atoms with E-state index >= 15 is 0 Å². The predicted molar refractivity (Wildman–Crippen MR) is 102 cm³/mol. The normalized spacial score (nSPS) is 15.7. The lowest BCUT2D eigenvalue weighted by Gasteiger charge is -2.20. The van der Waals surface area contributed by atoms with Crippen LogP contribution in [0.4, 0.5) is 5.00 Å². The zero-order chi connectivity index (χ0) is 18.7. The molecule has 1 aromatic heterocycles. The lowest BCUT2D eigenvalue weighted by molar-refractivity contribution is 0.102. The van der Waals surface area contributed by atoms with Gasteiger partial charge in [-0.2, -0.15) is 5.26 Å². The molecule has 1 aliphatic carbocycles. The smallest absolute Gasteiger partial charge is 0.256 e. The summed E-state index contributed by atoms with van der Waals surface area (Å²) in [5.41, 5.74) is 2.20. The number of amides is 1. The van der Waals surface area contributed by atoms with Gasteiger partial charge in [0, 0.05) is 10.4 Å². The molecule has 0 bridgehead atoms. The van der Waals surface area contributed by atoms with E-state index in [9.17, 15) is 10.1 Å². The second-order valence-electron chi connectivity index (χ2n) is 6.36. The van der Waals surface area contributed by atoms with Gasteiger partial charge in [0.2, 0.25) is 0 Å². The third kappa shape index (κ3) is 3.40. The van der Waals surface area contributed by atoms with Crippen LogP contribution in [0.15, 0.2) is 18.2 Å². The maximum Gasteiger partial charge on any atom is 0.256 e. The van der Waals surface area contributed by atoms with Crippen molar-refractivity contribution in [1.82, 2.24) is 0 Å². The molecule has 5 nitrogen and oxygen atoms in total. The Morgan fingerprint density at radius 1 is 1.35 bits per heavy atom. The van der Waals surface area contributed by atoms with Crippen LogP contribution in [0.5, 0.6) is 11.5 Å². The Morgan fingerprint density at radius 2 is 2.12 bits per heavy atom. The molecule has 0 radical (unpaired) electrons. The molecule has 136 valence electrons. The molecule has 26 heavy (non-hydrogen) atoms. The first-order chi connectivity index (χ1) is 12.6. The van der Waals surface area contributed by atoms with Crippen LogP contribution in [0, 0.1) is 17.2 Å². The van der Waals surface area contributed by atoms with E-state index in [1.165, 1.54) is 23.3 Å². The summed E-state index contributed by atoms with van der Waals surface area (Å²) in [5.74, 6) is 1.48. The average Bonchev–Trinajstić information content (AvgIpc) is 3.02. The Hall–Kier alpha value is -2.52. The molecule has 0 spiro atoms. The molecular formula is C20H22N2O3S. The molecule has 0 fully saturated rings. The van der Waals surface area contributed by atoms with E-state index in [1.807, 2.05) is 0 Å². The highest BCUT2D eigenvalue weighted by atomic mass is 32.1. The van der Waals surface area contributed by atoms with Crippen LogP contribution < -0.4 is 14.8 Å². The van der Waals surface area contributed by atoms with Crippen molar-refractivity contribution >= 4 is 22.2 Å². The predicted octanol–water partition coefficient (Wildman–Crippen LogP) is 4.40. The molecule has 1 atom stereocenters. The zero-order valence-corrected chi connectivity index (χ0v) is 16.0. The third-order valence-corrected chi connectivity index (χ3v) is 6.10. The molecule has 0 unspecified atom stereocenters. The fraction of sp³-hybridized carbons (Fsp3) is 0.400. The summed E-state index contributed by atoms with van der Waals surface area (Å²) >= 11 is 1.54. The van der Waals surface area contributed by atoms with Gasteiger partial charge in [0.1, 0.15) is 11.1 Å². The summed E-state index contributed by atoms with van der Waals surface area (Å²) in [6.07, 6.45) is 4.17. The van der Waals surface area contributed by atoms with Crippen LogP contribution in [0.3, 0.4) is 0 Å². The van der Waals surface area contributed by atoms with Gasteiger partial charge in [0.05, 0.1) is 19.8 Å². The SMILES string of the molecule is CC[C@H]1CCc2c(sc(NC(=O)c3ccc(OC)c(OC)c3)c2C#N)C1. The quantitative estimate of drug-likeness (QED) is 0.846. The first-order valence-corrected chi connectivity index (χ1v) is 9.50. The molecule has 0 saturated heterocycles. The number of rotatable bonds is 5. The van der Waals surface area contributed by atoms with Gasteiger partial charge in [-0.15, -0.1) is 11.3 Å². The number of anilines is 1. The summed E-state index contributed by atoms with van der Waals surface area (Å²) in [6.45, 7) is 2.20. The fourth-order valence-electron chi connectivity index (χ4n) is 3.36. The van der Waals surface area contributed by atoms with Gasteiger partial charge in [-0.05, 0) is 48.9 Å². The number of nitrogens with zero attached hydrogens (tertiary/aromatic N) is 1. The van der Waals surface area contributed by atoms with Gasteiger partial charge < -0.3 is 14.8 Å². The number of carbonyl (C=O) groups is 1. The van der Waals surface area contributed by atoms with Crippen molar-refractivity contribution in [3.05, 3.63) is 39.8 Å². The van der Waals surface area contributed by atoms with Crippen LogP contribution in [0.2, 0.25) is 0 Å². The molecule has 1 aromatic carbocycles. The summed E-state index contributed by atoms with van der Waals surface area (Å²) < 4.78 is 10.5. The Balaban J connectivity index is 1.86. The van der Waals surface area contributed by atoms with Gasteiger partial charge in [0.15, 0.2) is 11.5 Å². The van der Waals surface area contributed by atoms with Gasteiger partial charge in [0.25, 0.3) is 5.91 Å². The lowest BCUT2D eigenvalue weighted by atomic mass is 9.86. The van der Waals surface area contributed by atoms with E-state index in [-0.39, 0.29) is 5.91 Å². The molecule has 2 aromatic rings. The number of methoxy groups -OCH3 is 2. The van der Waals surface area contributed by atoms with E-state index in [1.54, 1.807) is 25.3 Å². The van der Waals surface area contributed by atoms with E-state index in [0.29, 0.717) is 33.5 Å². The minimum Gasteiger partial charge on any atom is -0.493 e. The van der Waals surface area contributed by atoms with Gasteiger partial charge in [-0.1, -0.05) is 13.3 Å². The molecule has 1 N–H and O–H groups in total. The largest absolute Gasteiger partial charge is 0.493 e. The van der Waals surface area contributed by atoms with Gasteiger partial charge in [-0.3, -0.25) is 4.79 Å². The summed E-state index contributed by atoms with van der Waals surface area (Å²) in [7, 11) is 3.08. The van der Waals surface area contributed by atoms with Crippen molar-refractivity contribution in [2.45, 2.75) is 32.6 Å². The molecule has 1 heterocycles. The summed E-state index contributed by atoms with van der Waals surface area (Å²) in [4.78, 5) is 13.9. The van der Waals surface area contributed by atoms with Crippen molar-refractivity contribution in [2.75, 3.05) is 19.5 Å². The minimum absolute atomic E-state index is 0.256. The van der Waals surface area contributed by atoms with Crippen LogP contribution in [0.25, 0.3) is 0 Å². The number of nitriles is 1. The second-order valence-corrected chi connectivity index (χ2v) is 7.47. The van der Waals surface area contributed by atoms with E-state index in [0.717, 1.165) is 31.2 Å². The summed E-state index contributed by atoms with van der Waals surface area (Å²) in [6, 6.07) is 7.31. The minimum atomic E-state index is -0.256. The van der Waals surface area contributed by atoms with Crippen molar-refractivity contribution in [3.8, 4) is 17.6 Å². The van der Waals surface area contributed by atoms with Gasteiger partial charge >= 0.3 is 0 Å². The van der Waals surface area contributed by atoms with Crippen molar-refractivity contribution < 1.29 is 14.3 Å². The Bertz CT molecular complexity index is 867. The first kappa shape index (κ1) is 18.3. The van der Waals surface area contributed by atoms with E-state index < -0.39 is 0 Å². The average molecular weight is 370 g/mol. The molecule has 0 saturated carbocycles. The molecule has 1 aliphatic rings. The lowest BCUT2D eigenvalue weighted by Crippen LogP contribution is -2.13. The van der Waals surface area contributed by atoms with Crippen molar-refractivity contribution in [3.63, 3.8) is 0 Å². The van der Waals surface area contributed by atoms with E-state index in [2.05, 4.69) is 18.3 Å². The van der Waals surface area contributed by atoms with E-state index in [4.69, 9.17) is 9.47 Å². The monoisotopic (exact) mass is 370 g/mol. The first-order valence-electron chi connectivity index (χ1n) is 8.69. The number of hydrogen-bond donors (Lipinski definition) is 1. The maximum atomic E-state index is 12.7. The second kappa shape index (κ2) is 7.79. The molecule has 3 rings (SSSR count). The maximum absolute atomic E-state index is 12.7. The number of ether oxygens (including phenoxy) is 2. The summed E-state index contributed by atoms with van der Waals surface area (Å²) in [5, 5.41) is 13.2. The zero-order valence-electron chi connectivity index (χ0n) is 15.2. The topological polar surface area (TPSA) is 71.3 Å². The van der Waals surface area contributed by atoms with Crippen molar-refractivity contribution in [2.24, 2.45) is 5.92 Å². The highest BCUT2D eigenvalue weighted by Crippen LogP contribution is 2.40. The van der Waals surface area contributed by atoms with Crippen molar-refractivity contribution in [1.29, 1.82) is 5.26 Å². The highest BCUT2D eigenvalue weighted by molar-refractivity contribution is 7.16. The molecule has 1 amide bonds. The van der Waals surface area contributed by atoms with Gasteiger partial charge in [-0.25, -0.2) is 0 Å².